The number of carbonyl (C=O) groups excluding carboxylic acids is 1. The molecule has 10 heteroatoms. The maximum absolute atomic E-state index is 13.2. The van der Waals surface area contributed by atoms with Gasteiger partial charge >= 0.3 is 5.97 Å². The lowest BCUT2D eigenvalue weighted by Crippen LogP contribution is -2.21. The number of rotatable bonds is 6. The third-order valence-electron chi connectivity index (χ3n) is 3.23. The van der Waals surface area contributed by atoms with Gasteiger partial charge in [0.05, 0.1) is 6.54 Å². The molecule has 1 aromatic carbocycles. The number of carbonyl (C=O) groups is 2. The molecule has 0 saturated carbocycles. The predicted octanol–water partition coefficient (Wildman–Crippen LogP) is 0.999. The molecule has 9 nitrogen and oxygen atoms in total. The van der Waals surface area contributed by atoms with Gasteiger partial charge in [0.1, 0.15) is 24.4 Å². The van der Waals surface area contributed by atoms with E-state index in [9.17, 15) is 14.0 Å². The molecule has 2 aromatic heterocycles. The Labute approximate surface area is 140 Å². The Morgan fingerprint density at radius 2 is 2.12 bits per heavy atom. The van der Waals surface area contributed by atoms with Crippen LogP contribution in [0.25, 0.3) is 0 Å². The molecule has 0 saturated heterocycles. The van der Waals surface area contributed by atoms with E-state index in [0.717, 1.165) is 4.68 Å². The SMILES string of the molecule is O=C(O)Cn1nccc1C(=O)Nc1ncn(Cc2cccc(F)c2)n1. The molecule has 0 atom stereocenters. The number of hydrogen-bond acceptors (Lipinski definition) is 5. The quantitative estimate of drug-likeness (QED) is 0.689. The van der Waals surface area contributed by atoms with Gasteiger partial charge in [0, 0.05) is 6.20 Å². The van der Waals surface area contributed by atoms with Crippen LogP contribution in [0.15, 0.2) is 42.9 Å². The second-order valence-corrected chi connectivity index (χ2v) is 5.12. The number of aliphatic carboxylic acids is 1. The van der Waals surface area contributed by atoms with Crippen LogP contribution in [0.1, 0.15) is 16.1 Å². The van der Waals surface area contributed by atoms with E-state index in [1.165, 1.54) is 35.4 Å². The number of carboxylic acids is 1. The summed E-state index contributed by atoms with van der Waals surface area (Å²) in [5, 5.41) is 19.1. The summed E-state index contributed by atoms with van der Waals surface area (Å²) in [6, 6.07) is 7.45. The zero-order chi connectivity index (χ0) is 17.8. The number of aromatic nitrogens is 5. The number of amides is 1. The third kappa shape index (κ3) is 4.05. The van der Waals surface area contributed by atoms with Crippen LogP contribution in [0.5, 0.6) is 0 Å². The minimum absolute atomic E-state index is 0.0458. The molecule has 0 spiro atoms. The first-order chi connectivity index (χ1) is 12.0. The molecular weight excluding hydrogens is 331 g/mol. The Kier molecular flexibility index (Phi) is 4.50. The van der Waals surface area contributed by atoms with Crippen molar-refractivity contribution in [1.29, 1.82) is 0 Å². The Morgan fingerprint density at radius 1 is 1.28 bits per heavy atom. The number of halogens is 1. The minimum Gasteiger partial charge on any atom is -0.480 e. The Hall–Kier alpha value is -3.56. The van der Waals surface area contributed by atoms with Crippen molar-refractivity contribution in [3.05, 3.63) is 59.9 Å². The van der Waals surface area contributed by atoms with E-state index >= 15 is 0 Å². The van der Waals surface area contributed by atoms with Crippen LogP contribution < -0.4 is 5.32 Å². The molecule has 0 bridgehead atoms. The summed E-state index contributed by atoms with van der Waals surface area (Å²) in [6.45, 7) is -0.144. The van der Waals surface area contributed by atoms with E-state index in [2.05, 4.69) is 20.5 Å². The largest absolute Gasteiger partial charge is 0.480 e. The van der Waals surface area contributed by atoms with Crippen molar-refractivity contribution in [3.8, 4) is 0 Å². The van der Waals surface area contributed by atoms with E-state index in [1.54, 1.807) is 12.1 Å². The molecule has 0 aliphatic heterocycles. The average molecular weight is 344 g/mol. The number of anilines is 1. The molecular formula is C15H13FN6O3. The highest BCUT2D eigenvalue weighted by Crippen LogP contribution is 2.08. The van der Waals surface area contributed by atoms with Crippen LogP contribution >= 0.6 is 0 Å². The molecule has 25 heavy (non-hydrogen) atoms. The summed E-state index contributed by atoms with van der Waals surface area (Å²) in [5.41, 5.74) is 0.770. The number of hydrogen-bond donors (Lipinski definition) is 2. The zero-order valence-corrected chi connectivity index (χ0v) is 12.8. The molecule has 0 radical (unpaired) electrons. The Bertz CT molecular complexity index is 919. The van der Waals surface area contributed by atoms with Gasteiger partial charge in [-0.05, 0) is 23.8 Å². The summed E-state index contributed by atoms with van der Waals surface area (Å²) in [4.78, 5) is 26.9. The molecule has 1 amide bonds. The van der Waals surface area contributed by atoms with Crippen molar-refractivity contribution in [2.45, 2.75) is 13.1 Å². The molecule has 0 aliphatic rings. The van der Waals surface area contributed by atoms with Crippen molar-refractivity contribution in [2.24, 2.45) is 0 Å². The first kappa shape index (κ1) is 16.3. The molecule has 3 aromatic rings. The third-order valence-corrected chi connectivity index (χ3v) is 3.23. The van der Waals surface area contributed by atoms with Gasteiger partial charge in [-0.3, -0.25) is 14.9 Å². The fourth-order valence-corrected chi connectivity index (χ4v) is 2.20. The summed E-state index contributed by atoms with van der Waals surface area (Å²) >= 11 is 0. The van der Waals surface area contributed by atoms with Gasteiger partial charge in [-0.1, -0.05) is 12.1 Å². The van der Waals surface area contributed by atoms with E-state index in [-0.39, 0.29) is 24.0 Å². The topological polar surface area (TPSA) is 115 Å². The van der Waals surface area contributed by atoms with Crippen LogP contribution in [0.2, 0.25) is 0 Å². The smallest absolute Gasteiger partial charge is 0.325 e. The van der Waals surface area contributed by atoms with Crippen molar-refractivity contribution in [1.82, 2.24) is 24.5 Å². The molecule has 0 unspecified atom stereocenters. The van der Waals surface area contributed by atoms with E-state index in [1.807, 2.05) is 0 Å². The Morgan fingerprint density at radius 3 is 2.88 bits per heavy atom. The monoisotopic (exact) mass is 344 g/mol. The van der Waals surface area contributed by atoms with Crippen LogP contribution in [0.4, 0.5) is 10.3 Å². The van der Waals surface area contributed by atoms with E-state index < -0.39 is 18.4 Å². The van der Waals surface area contributed by atoms with Crippen LogP contribution in [0.3, 0.4) is 0 Å². The van der Waals surface area contributed by atoms with Gasteiger partial charge < -0.3 is 5.11 Å². The number of carboxylic acid groups (broad SMARTS) is 1. The fraction of sp³-hybridized carbons (Fsp3) is 0.133. The van der Waals surface area contributed by atoms with E-state index in [4.69, 9.17) is 5.11 Å². The van der Waals surface area contributed by atoms with Crippen molar-refractivity contribution < 1.29 is 19.1 Å². The summed E-state index contributed by atoms with van der Waals surface area (Å²) in [6.07, 6.45) is 2.73. The average Bonchev–Trinajstić information content (AvgIpc) is 3.16. The first-order valence-corrected chi connectivity index (χ1v) is 7.20. The fourth-order valence-electron chi connectivity index (χ4n) is 2.20. The number of nitrogens with zero attached hydrogens (tertiary/aromatic N) is 5. The van der Waals surface area contributed by atoms with Crippen LogP contribution in [0, 0.1) is 5.82 Å². The summed E-state index contributed by atoms with van der Waals surface area (Å²) in [5.74, 6) is -2.00. The number of nitrogens with one attached hydrogen (secondary N) is 1. The van der Waals surface area contributed by atoms with Gasteiger partial charge in [-0.15, -0.1) is 5.10 Å². The lowest BCUT2D eigenvalue weighted by Gasteiger charge is -2.04. The van der Waals surface area contributed by atoms with Gasteiger partial charge in [-0.2, -0.15) is 5.10 Å². The minimum atomic E-state index is -1.12. The molecule has 0 aliphatic carbocycles. The zero-order valence-electron chi connectivity index (χ0n) is 12.8. The van der Waals surface area contributed by atoms with Crippen LogP contribution in [-0.2, 0) is 17.9 Å². The molecule has 128 valence electrons. The number of benzene rings is 1. The summed E-state index contributed by atoms with van der Waals surface area (Å²) in [7, 11) is 0. The standard InChI is InChI=1S/C15H13FN6O3/c16-11-3-1-2-10(6-11)7-21-9-17-15(20-21)19-14(25)12-4-5-18-22(12)8-13(23)24/h1-6,9H,7-8H2,(H,23,24)(H,19,20,25). The predicted molar refractivity (Wildman–Crippen MR) is 83.3 cm³/mol. The highest BCUT2D eigenvalue weighted by Gasteiger charge is 2.15. The molecule has 2 heterocycles. The molecule has 2 N–H and O–H groups in total. The lowest BCUT2D eigenvalue weighted by atomic mass is 10.2. The molecule has 0 fully saturated rings. The summed E-state index contributed by atoms with van der Waals surface area (Å²) < 4.78 is 15.7. The highest BCUT2D eigenvalue weighted by atomic mass is 19.1. The Balaban J connectivity index is 1.68. The molecule has 3 rings (SSSR count). The van der Waals surface area contributed by atoms with Gasteiger partial charge in [-0.25, -0.2) is 18.7 Å². The highest BCUT2D eigenvalue weighted by molar-refractivity contribution is 6.02. The maximum atomic E-state index is 13.2. The van der Waals surface area contributed by atoms with Gasteiger partial charge in [0.25, 0.3) is 5.91 Å². The second kappa shape index (κ2) is 6.91. The van der Waals surface area contributed by atoms with Crippen molar-refractivity contribution >= 4 is 17.8 Å². The maximum Gasteiger partial charge on any atom is 0.325 e. The van der Waals surface area contributed by atoms with Crippen molar-refractivity contribution in [3.63, 3.8) is 0 Å². The van der Waals surface area contributed by atoms with Crippen molar-refractivity contribution in [2.75, 3.05) is 5.32 Å². The first-order valence-electron chi connectivity index (χ1n) is 7.20. The van der Waals surface area contributed by atoms with Crippen LogP contribution in [-0.4, -0.2) is 41.5 Å². The normalized spacial score (nSPS) is 10.6. The van der Waals surface area contributed by atoms with Gasteiger partial charge in [0.2, 0.25) is 5.95 Å². The second-order valence-electron chi connectivity index (χ2n) is 5.12. The lowest BCUT2D eigenvalue weighted by molar-refractivity contribution is -0.137. The van der Waals surface area contributed by atoms with Gasteiger partial charge in [0.15, 0.2) is 0 Å². The van der Waals surface area contributed by atoms with E-state index in [0.29, 0.717) is 5.56 Å².